The molecule has 0 aromatic heterocycles. The van der Waals surface area contributed by atoms with Gasteiger partial charge in [0, 0.05) is 6.54 Å². The molecule has 0 aliphatic rings. The zero-order chi connectivity index (χ0) is 19.7. The van der Waals surface area contributed by atoms with Gasteiger partial charge in [-0.25, -0.2) is 4.83 Å². The lowest BCUT2D eigenvalue weighted by Crippen LogP contribution is -2.28. The Balaban J connectivity index is 2.04. The van der Waals surface area contributed by atoms with Crippen LogP contribution in [0.15, 0.2) is 58.5 Å². The van der Waals surface area contributed by atoms with E-state index < -0.39 is 10.0 Å². The van der Waals surface area contributed by atoms with Crippen LogP contribution >= 0.6 is 0 Å². The molecule has 0 radical (unpaired) electrons. The highest BCUT2D eigenvalue weighted by Gasteiger charge is 2.11. The Bertz CT molecular complexity index is 898. The van der Waals surface area contributed by atoms with E-state index in [2.05, 4.69) is 15.2 Å². The first kappa shape index (κ1) is 20.2. The third-order valence-electron chi connectivity index (χ3n) is 3.36. The van der Waals surface area contributed by atoms with Gasteiger partial charge in [-0.2, -0.15) is 13.5 Å². The highest BCUT2D eigenvalue weighted by Crippen LogP contribution is 2.27. The number of nitrogens with one attached hydrogen (secondary N) is 2. The Kier molecular flexibility index (Phi) is 7.18. The molecule has 2 aromatic carbocycles. The maximum absolute atomic E-state index is 12.1. The molecule has 0 unspecified atom stereocenters. The molecule has 9 heteroatoms. The summed E-state index contributed by atoms with van der Waals surface area (Å²) in [6.07, 6.45) is 1.34. The number of hydrazone groups is 1. The number of carbonyl (C=O) groups excluding carboxylic acids is 1. The number of hydrogen-bond donors (Lipinski definition) is 2. The molecule has 0 fully saturated rings. The van der Waals surface area contributed by atoms with E-state index in [1.54, 1.807) is 36.4 Å². The average molecular weight is 391 g/mol. The van der Waals surface area contributed by atoms with E-state index in [1.807, 2.05) is 6.92 Å². The van der Waals surface area contributed by atoms with Gasteiger partial charge in [0.25, 0.3) is 15.9 Å². The zero-order valence-electron chi connectivity index (χ0n) is 15.0. The maximum atomic E-state index is 12.1. The lowest BCUT2D eigenvalue weighted by atomic mass is 10.2. The van der Waals surface area contributed by atoms with Crippen LogP contribution in [-0.4, -0.2) is 40.8 Å². The maximum Gasteiger partial charge on any atom is 0.276 e. The normalized spacial score (nSPS) is 11.2. The van der Waals surface area contributed by atoms with Crippen molar-refractivity contribution in [1.82, 2.24) is 10.1 Å². The van der Waals surface area contributed by atoms with Crippen molar-refractivity contribution in [1.29, 1.82) is 0 Å². The highest BCUT2D eigenvalue weighted by molar-refractivity contribution is 7.89. The summed E-state index contributed by atoms with van der Waals surface area (Å²) in [5.74, 6) is 0.556. The van der Waals surface area contributed by atoms with Gasteiger partial charge >= 0.3 is 0 Å². The van der Waals surface area contributed by atoms with Gasteiger partial charge in [0.2, 0.25) is 0 Å². The number of amides is 1. The van der Waals surface area contributed by atoms with Crippen LogP contribution < -0.4 is 19.6 Å². The van der Waals surface area contributed by atoms with E-state index in [4.69, 9.17) is 9.47 Å². The number of nitrogens with zero attached hydrogens (tertiary/aromatic N) is 1. The summed E-state index contributed by atoms with van der Waals surface area (Å²) >= 11 is 0. The third kappa shape index (κ3) is 6.00. The molecular weight excluding hydrogens is 370 g/mol. The quantitative estimate of drug-likeness (QED) is 0.498. The van der Waals surface area contributed by atoms with Gasteiger partial charge in [-0.3, -0.25) is 4.79 Å². The predicted octanol–water partition coefficient (Wildman–Crippen LogP) is 1.52. The SMILES string of the molecule is CCNC(=O)COc1ccc(/C=N\NS(=O)(=O)c2ccccc2)cc1OC. The van der Waals surface area contributed by atoms with Crippen LogP contribution in [0, 0.1) is 0 Å². The Morgan fingerprint density at radius 3 is 2.56 bits per heavy atom. The molecule has 0 aliphatic carbocycles. The van der Waals surface area contributed by atoms with Crippen molar-refractivity contribution in [2.24, 2.45) is 5.10 Å². The van der Waals surface area contributed by atoms with Crippen LogP contribution in [0.1, 0.15) is 12.5 Å². The number of hydrogen-bond acceptors (Lipinski definition) is 6. The lowest BCUT2D eigenvalue weighted by Gasteiger charge is -2.11. The number of methoxy groups -OCH3 is 1. The standard InChI is InChI=1S/C18H21N3O5S/c1-3-19-18(22)13-26-16-10-9-14(11-17(16)25-2)12-20-21-27(23,24)15-7-5-4-6-8-15/h4-12,21H,3,13H2,1-2H3,(H,19,22)/b20-12-. The van der Waals surface area contributed by atoms with Gasteiger partial charge in [0.15, 0.2) is 18.1 Å². The summed E-state index contributed by atoms with van der Waals surface area (Å²) in [5, 5.41) is 6.40. The minimum atomic E-state index is -3.73. The molecule has 0 saturated carbocycles. The zero-order valence-corrected chi connectivity index (χ0v) is 15.8. The minimum absolute atomic E-state index is 0.119. The predicted molar refractivity (Wildman–Crippen MR) is 102 cm³/mol. The summed E-state index contributed by atoms with van der Waals surface area (Å²) in [5.41, 5.74) is 0.591. The summed E-state index contributed by atoms with van der Waals surface area (Å²) in [6, 6.07) is 12.8. The second-order valence-corrected chi connectivity index (χ2v) is 6.98. The van der Waals surface area contributed by atoms with E-state index >= 15 is 0 Å². The number of likely N-dealkylation sites (N-methyl/N-ethyl adjacent to an activating group) is 1. The third-order valence-corrected chi connectivity index (χ3v) is 4.60. The van der Waals surface area contributed by atoms with Crippen molar-refractivity contribution >= 4 is 22.1 Å². The lowest BCUT2D eigenvalue weighted by molar-refractivity contribution is -0.123. The first-order valence-electron chi connectivity index (χ1n) is 8.13. The first-order chi connectivity index (χ1) is 13.0. The van der Waals surface area contributed by atoms with Crippen molar-refractivity contribution in [3.63, 3.8) is 0 Å². The molecular formula is C18H21N3O5S. The van der Waals surface area contributed by atoms with Crippen molar-refractivity contribution in [2.75, 3.05) is 20.3 Å². The molecule has 2 aromatic rings. The molecule has 0 spiro atoms. The van der Waals surface area contributed by atoms with E-state index in [1.165, 1.54) is 25.5 Å². The molecule has 8 nitrogen and oxygen atoms in total. The van der Waals surface area contributed by atoms with E-state index in [9.17, 15) is 13.2 Å². The summed E-state index contributed by atoms with van der Waals surface area (Å²) in [4.78, 5) is 13.7. The topological polar surface area (TPSA) is 106 Å². The fourth-order valence-corrected chi connectivity index (χ4v) is 2.91. The fourth-order valence-electron chi connectivity index (χ4n) is 2.10. The number of ether oxygens (including phenoxy) is 2. The fraction of sp³-hybridized carbons (Fsp3) is 0.222. The molecule has 0 saturated heterocycles. The van der Waals surface area contributed by atoms with Crippen LogP contribution in [0.2, 0.25) is 0 Å². The molecule has 144 valence electrons. The van der Waals surface area contributed by atoms with Crippen LogP contribution in [-0.2, 0) is 14.8 Å². The Labute approximate surface area is 158 Å². The number of benzene rings is 2. The molecule has 0 aliphatic heterocycles. The molecule has 0 atom stereocenters. The van der Waals surface area contributed by atoms with Crippen LogP contribution in [0.25, 0.3) is 0 Å². The van der Waals surface area contributed by atoms with Gasteiger partial charge in [-0.05, 0) is 42.8 Å². The number of sulfonamides is 1. The van der Waals surface area contributed by atoms with Crippen molar-refractivity contribution < 1.29 is 22.7 Å². The van der Waals surface area contributed by atoms with E-state index in [0.29, 0.717) is 23.6 Å². The monoisotopic (exact) mass is 391 g/mol. The Morgan fingerprint density at radius 1 is 1.15 bits per heavy atom. The van der Waals surface area contributed by atoms with Crippen molar-refractivity contribution in [2.45, 2.75) is 11.8 Å². The van der Waals surface area contributed by atoms with Crippen LogP contribution in [0.3, 0.4) is 0 Å². The minimum Gasteiger partial charge on any atom is -0.493 e. The van der Waals surface area contributed by atoms with Gasteiger partial charge < -0.3 is 14.8 Å². The summed E-state index contributed by atoms with van der Waals surface area (Å²) in [7, 11) is -2.26. The van der Waals surface area contributed by atoms with Gasteiger partial charge in [0.1, 0.15) is 0 Å². The van der Waals surface area contributed by atoms with Crippen LogP contribution in [0.4, 0.5) is 0 Å². The molecule has 0 bridgehead atoms. The molecule has 2 rings (SSSR count). The second kappa shape index (κ2) is 9.58. The molecule has 2 N–H and O–H groups in total. The summed E-state index contributed by atoms with van der Waals surface area (Å²) < 4.78 is 34.8. The molecule has 27 heavy (non-hydrogen) atoms. The van der Waals surface area contributed by atoms with E-state index in [0.717, 1.165) is 0 Å². The largest absolute Gasteiger partial charge is 0.493 e. The highest BCUT2D eigenvalue weighted by atomic mass is 32.2. The number of carbonyl (C=O) groups is 1. The van der Waals surface area contributed by atoms with Gasteiger partial charge in [-0.15, -0.1) is 0 Å². The van der Waals surface area contributed by atoms with Gasteiger partial charge in [-0.1, -0.05) is 18.2 Å². The van der Waals surface area contributed by atoms with Crippen molar-refractivity contribution in [3.05, 3.63) is 54.1 Å². The molecule has 0 heterocycles. The van der Waals surface area contributed by atoms with Crippen molar-refractivity contribution in [3.8, 4) is 11.5 Å². The van der Waals surface area contributed by atoms with Crippen LogP contribution in [0.5, 0.6) is 11.5 Å². The van der Waals surface area contributed by atoms with E-state index in [-0.39, 0.29) is 17.4 Å². The average Bonchev–Trinajstić information content (AvgIpc) is 2.67. The second-order valence-electron chi connectivity index (χ2n) is 5.32. The van der Waals surface area contributed by atoms with Gasteiger partial charge in [0.05, 0.1) is 18.2 Å². The summed E-state index contributed by atoms with van der Waals surface area (Å²) in [6.45, 7) is 2.21. The Hall–Kier alpha value is -3.07. The molecule has 1 amide bonds. The Morgan fingerprint density at radius 2 is 1.89 bits per heavy atom. The number of rotatable bonds is 9. The smallest absolute Gasteiger partial charge is 0.276 e. The first-order valence-corrected chi connectivity index (χ1v) is 9.62.